The number of carboxylic acid groups (broad SMARTS) is 1. The van der Waals surface area contributed by atoms with Crippen LogP contribution in [0.1, 0.15) is 21.8 Å². The Morgan fingerprint density at radius 1 is 1.47 bits per heavy atom. The SMILES string of the molecule is Cc1cc(-c2nc(C)c(C(=O)O)c(=O)[nH]2)co1. The van der Waals surface area contributed by atoms with Crippen LogP contribution in [-0.2, 0) is 0 Å². The minimum Gasteiger partial charge on any atom is -0.477 e. The van der Waals surface area contributed by atoms with Crippen LogP contribution in [-0.4, -0.2) is 21.0 Å². The van der Waals surface area contributed by atoms with Crippen LogP contribution >= 0.6 is 0 Å². The predicted octanol–water partition coefficient (Wildman–Crippen LogP) is 1.34. The van der Waals surface area contributed by atoms with Crippen LogP contribution in [0.3, 0.4) is 0 Å². The average Bonchev–Trinajstić information content (AvgIpc) is 2.63. The minimum absolute atomic E-state index is 0.176. The summed E-state index contributed by atoms with van der Waals surface area (Å²) in [5, 5.41) is 8.83. The van der Waals surface area contributed by atoms with Gasteiger partial charge in [-0.1, -0.05) is 0 Å². The van der Waals surface area contributed by atoms with Gasteiger partial charge in [-0.15, -0.1) is 0 Å². The highest BCUT2D eigenvalue weighted by atomic mass is 16.4. The molecule has 88 valence electrons. The Bertz CT molecular complexity index is 639. The third kappa shape index (κ3) is 1.96. The van der Waals surface area contributed by atoms with E-state index >= 15 is 0 Å². The molecule has 0 aliphatic carbocycles. The van der Waals surface area contributed by atoms with Crippen molar-refractivity contribution in [1.29, 1.82) is 0 Å². The smallest absolute Gasteiger partial charge is 0.343 e. The quantitative estimate of drug-likeness (QED) is 0.817. The summed E-state index contributed by atoms with van der Waals surface area (Å²) in [5.74, 6) is -0.303. The standard InChI is InChI=1S/C11H10N2O4/c1-5-3-7(4-17-5)9-12-6(2)8(11(15)16)10(14)13-9/h3-4H,1-2H3,(H,15,16)(H,12,13,14). The van der Waals surface area contributed by atoms with E-state index in [1.165, 1.54) is 13.2 Å². The molecular formula is C11H10N2O4. The van der Waals surface area contributed by atoms with Crippen molar-refractivity contribution >= 4 is 5.97 Å². The van der Waals surface area contributed by atoms with Crippen molar-refractivity contribution < 1.29 is 14.3 Å². The fourth-order valence-corrected chi connectivity index (χ4v) is 1.54. The zero-order valence-corrected chi connectivity index (χ0v) is 9.27. The number of hydrogen-bond donors (Lipinski definition) is 2. The molecule has 2 N–H and O–H groups in total. The van der Waals surface area contributed by atoms with Gasteiger partial charge in [0.25, 0.3) is 5.56 Å². The fraction of sp³-hybridized carbons (Fsp3) is 0.182. The Balaban J connectivity index is 2.60. The molecule has 2 heterocycles. The van der Waals surface area contributed by atoms with Crippen molar-refractivity contribution in [2.75, 3.05) is 0 Å². The summed E-state index contributed by atoms with van der Waals surface area (Å²) >= 11 is 0. The van der Waals surface area contributed by atoms with Crippen LogP contribution in [0.2, 0.25) is 0 Å². The van der Waals surface area contributed by atoms with Crippen molar-refractivity contribution in [2.45, 2.75) is 13.8 Å². The van der Waals surface area contributed by atoms with E-state index < -0.39 is 11.5 Å². The largest absolute Gasteiger partial charge is 0.477 e. The first kappa shape index (κ1) is 11.1. The number of rotatable bonds is 2. The van der Waals surface area contributed by atoms with E-state index in [2.05, 4.69) is 9.97 Å². The first-order valence-electron chi connectivity index (χ1n) is 4.88. The summed E-state index contributed by atoms with van der Waals surface area (Å²) < 4.78 is 5.10. The number of carbonyl (C=O) groups is 1. The molecule has 6 heteroatoms. The molecule has 0 aliphatic rings. The topological polar surface area (TPSA) is 96.2 Å². The van der Waals surface area contributed by atoms with Gasteiger partial charge in [0, 0.05) is 0 Å². The maximum Gasteiger partial charge on any atom is 0.343 e. The molecule has 0 unspecified atom stereocenters. The third-order valence-corrected chi connectivity index (χ3v) is 2.32. The van der Waals surface area contributed by atoms with E-state index in [0.29, 0.717) is 17.1 Å². The summed E-state index contributed by atoms with van der Waals surface area (Å²) in [5.41, 5.74) is -0.220. The van der Waals surface area contributed by atoms with Crippen LogP contribution in [0, 0.1) is 13.8 Å². The number of aromatic nitrogens is 2. The highest BCUT2D eigenvalue weighted by Crippen LogP contribution is 2.17. The molecule has 0 saturated carbocycles. The van der Waals surface area contributed by atoms with Gasteiger partial charge < -0.3 is 14.5 Å². The molecule has 0 fully saturated rings. The first-order valence-corrected chi connectivity index (χ1v) is 4.88. The number of H-pyrrole nitrogens is 1. The number of aromatic carboxylic acids is 1. The number of aromatic amines is 1. The maximum atomic E-state index is 11.6. The molecule has 0 aliphatic heterocycles. The van der Waals surface area contributed by atoms with E-state index in [0.717, 1.165) is 0 Å². The van der Waals surface area contributed by atoms with Crippen LogP contribution < -0.4 is 5.56 Å². The fourth-order valence-electron chi connectivity index (χ4n) is 1.54. The van der Waals surface area contributed by atoms with E-state index in [-0.39, 0.29) is 11.3 Å². The number of aryl methyl sites for hydroxylation is 2. The molecule has 0 bridgehead atoms. The Hall–Kier alpha value is -2.37. The molecule has 2 aromatic heterocycles. The van der Waals surface area contributed by atoms with Crippen molar-refractivity contribution in [3.63, 3.8) is 0 Å². The molecule has 0 spiro atoms. The van der Waals surface area contributed by atoms with Crippen molar-refractivity contribution in [2.24, 2.45) is 0 Å². The number of hydrogen-bond acceptors (Lipinski definition) is 4. The van der Waals surface area contributed by atoms with E-state index in [4.69, 9.17) is 9.52 Å². The zero-order valence-electron chi connectivity index (χ0n) is 9.27. The summed E-state index contributed by atoms with van der Waals surface area (Å²) in [6, 6.07) is 1.71. The van der Waals surface area contributed by atoms with Crippen LogP contribution in [0.4, 0.5) is 0 Å². The molecule has 0 saturated heterocycles. The lowest BCUT2D eigenvalue weighted by Gasteiger charge is -2.01. The number of carboxylic acids is 1. The molecule has 6 nitrogen and oxygen atoms in total. The van der Waals surface area contributed by atoms with Gasteiger partial charge in [-0.3, -0.25) is 4.79 Å². The lowest BCUT2D eigenvalue weighted by molar-refractivity contribution is 0.0693. The summed E-state index contributed by atoms with van der Waals surface area (Å²) in [6.07, 6.45) is 1.45. The summed E-state index contributed by atoms with van der Waals surface area (Å²) in [4.78, 5) is 28.9. The van der Waals surface area contributed by atoms with Gasteiger partial charge in [0.2, 0.25) is 0 Å². The van der Waals surface area contributed by atoms with E-state index in [1.54, 1.807) is 13.0 Å². The lowest BCUT2D eigenvalue weighted by Crippen LogP contribution is -2.21. The van der Waals surface area contributed by atoms with Crippen LogP contribution in [0.15, 0.2) is 21.5 Å². The van der Waals surface area contributed by atoms with Gasteiger partial charge in [-0.2, -0.15) is 0 Å². The molecule has 0 atom stereocenters. The maximum absolute atomic E-state index is 11.6. The van der Waals surface area contributed by atoms with Gasteiger partial charge in [0.15, 0.2) is 0 Å². The van der Waals surface area contributed by atoms with Gasteiger partial charge in [0.05, 0.1) is 11.3 Å². The molecule has 17 heavy (non-hydrogen) atoms. The third-order valence-electron chi connectivity index (χ3n) is 2.32. The Morgan fingerprint density at radius 3 is 2.65 bits per heavy atom. The second-order valence-electron chi connectivity index (χ2n) is 3.63. The van der Waals surface area contributed by atoms with Crippen molar-refractivity contribution in [3.05, 3.63) is 39.7 Å². The van der Waals surface area contributed by atoms with Crippen LogP contribution in [0.25, 0.3) is 11.4 Å². The van der Waals surface area contributed by atoms with Gasteiger partial charge in [-0.05, 0) is 19.9 Å². The second kappa shape index (κ2) is 3.89. The number of furan rings is 1. The van der Waals surface area contributed by atoms with Crippen LogP contribution in [0.5, 0.6) is 0 Å². The Labute approximate surface area is 95.9 Å². The zero-order chi connectivity index (χ0) is 12.6. The first-order chi connectivity index (χ1) is 7.99. The molecule has 0 aromatic carbocycles. The van der Waals surface area contributed by atoms with Crippen molar-refractivity contribution in [1.82, 2.24) is 9.97 Å². The van der Waals surface area contributed by atoms with Crippen molar-refractivity contribution in [3.8, 4) is 11.4 Å². The molecule has 0 radical (unpaired) electrons. The molecule has 2 rings (SSSR count). The number of nitrogens with one attached hydrogen (secondary N) is 1. The molecule has 0 amide bonds. The van der Waals surface area contributed by atoms with E-state index in [9.17, 15) is 9.59 Å². The predicted molar refractivity (Wildman–Crippen MR) is 59.0 cm³/mol. The van der Waals surface area contributed by atoms with Gasteiger partial charge >= 0.3 is 5.97 Å². The highest BCUT2D eigenvalue weighted by Gasteiger charge is 2.16. The summed E-state index contributed by atoms with van der Waals surface area (Å²) in [6.45, 7) is 3.25. The Morgan fingerprint density at radius 2 is 2.18 bits per heavy atom. The second-order valence-corrected chi connectivity index (χ2v) is 3.63. The lowest BCUT2D eigenvalue weighted by atomic mass is 10.2. The molecule has 2 aromatic rings. The average molecular weight is 234 g/mol. The van der Waals surface area contributed by atoms with E-state index in [1.807, 2.05) is 0 Å². The van der Waals surface area contributed by atoms with Gasteiger partial charge in [-0.25, -0.2) is 9.78 Å². The highest BCUT2D eigenvalue weighted by molar-refractivity contribution is 5.88. The minimum atomic E-state index is -1.29. The normalized spacial score (nSPS) is 10.5. The molecular weight excluding hydrogens is 224 g/mol. The van der Waals surface area contributed by atoms with Gasteiger partial charge in [0.1, 0.15) is 23.4 Å². The monoisotopic (exact) mass is 234 g/mol. The Kier molecular flexibility index (Phi) is 2.55. The summed E-state index contributed by atoms with van der Waals surface area (Å²) in [7, 11) is 0. The number of nitrogens with zero attached hydrogens (tertiary/aromatic N) is 1.